The molecule has 0 radical (unpaired) electrons. The second-order valence-electron chi connectivity index (χ2n) is 6.55. The molecule has 4 heteroatoms. The third-order valence-corrected chi connectivity index (χ3v) is 5.20. The van der Waals surface area contributed by atoms with Crippen molar-refractivity contribution in [3.8, 4) is 0 Å². The van der Waals surface area contributed by atoms with Gasteiger partial charge in [0.05, 0.1) is 21.4 Å². The van der Waals surface area contributed by atoms with Gasteiger partial charge in [0.2, 0.25) is 0 Å². The van der Waals surface area contributed by atoms with Gasteiger partial charge in [-0.3, -0.25) is 4.21 Å². The summed E-state index contributed by atoms with van der Waals surface area (Å²) in [5.74, 6) is 0. The van der Waals surface area contributed by atoms with Gasteiger partial charge in [0.1, 0.15) is 0 Å². The van der Waals surface area contributed by atoms with E-state index < -0.39 is 10.8 Å². The molecule has 0 spiro atoms. The van der Waals surface area contributed by atoms with Crippen LogP contribution in [0.25, 0.3) is 0 Å². The molecule has 0 bridgehead atoms. The normalized spacial score (nSPS) is 13.2. The minimum absolute atomic E-state index is 0.382. The highest BCUT2D eigenvalue weighted by atomic mass is 32.2. The van der Waals surface area contributed by atoms with E-state index >= 15 is 0 Å². The number of hydrogen-bond acceptors (Lipinski definition) is 3. The Labute approximate surface area is 154 Å². The van der Waals surface area contributed by atoms with Gasteiger partial charge >= 0.3 is 0 Å². The Balaban J connectivity index is 2.04. The van der Waals surface area contributed by atoms with Gasteiger partial charge in [-0.05, 0) is 43.7 Å². The van der Waals surface area contributed by atoms with Crippen LogP contribution in [-0.4, -0.2) is 16.5 Å². The first kappa shape index (κ1) is 19.5. The Kier molecular flexibility index (Phi) is 7.99. The van der Waals surface area contributed by atoms with Crippen LogP contribution in [0.4, 0.5) is 17.1 Å². The molecule has 2 rings (SSSR count). The van der Waals surface area contributed by atoms with Crippen molar-refractivity contribution in [1.82, 2.24) is 0 Å². The van der Waals surface area contributed by atoms with Gasteiger partial charge < -0.3 is 10.6 Å². The predicted molar refractivity (Wildman–Crippen MR) is 110 cm³/mol. The molecule has 0 aliphatic rings. The first-order chi connectivity index (χ1) is 12.1. The van der Waals surface area contributed by atoms with Crippen LogP contribution in [0.5, 0.6) is 0 Å². The number of hydrogen-bond donors (Lipinski definition) is 2. The molecule has 0 fully saturated rings. The van der Waals surface area contributed by atoms with Crippen molar-refractivity contribution in [2.45, 2.75) is 56.9 Å². The maximum atomic E-state index is 12.2. The van der Waals surface area contributed by atoms with E-state index in [2.05, 4.69) is 24.5 Å². The third-order valence-electron chi connectivity index (χ3n) is 4.25. The molecule has 2 aromatic rings. The molecule has 0 heterocycles. The van der Waals surface area contributed by atoms with Crippen molar-refractivity contribution in [2.75, 3.05) is 16.9 Å². The van der Waals surface area contributed by atoms with Gasteiger partial charge in [-0.25, -0.2) is 0 Å². The van der Waals surface area contributed by atoms with Crippen molar-refractivity contribution >= 4 is 27.9 Å². The highest BCUT2D eigenvalue weighted by Crippen LogP contribution is 2.26. The summed E-state index contributed by atoms with van der Waals surface area (Å²) in [5.41, 5.74) is 2.96. The zero-order chi connectivity index (χ0) is 18.1. The summed E-state index contributed by atoms with van der Waals surface area (Å²) in [7, 11) is -1.04. The summed E-state index contributed by atoms with van der Waals surface area (Å²) >= 11 is 0. The topological polar surface area (TPSA) is 41.1 Å². The van der Waals surface area contributed by atoms with Crippen LogP contribution >= 0.6 is 0 Å². The van der Waals surface area contributed by atoms with Crippen molar-refractivity contribution < 1.29 is 4.21 Å². The summed E-state index contributed by atoms with van der Waals surface area (Å²) in [5, 5.41) is 6.90. The summed E-state index contributed by atoms with van der Waals surface area (Å²) < 4.78 is 12.2. The molecule has 136 valence electrons. The Morgan fingerprint density at radius 2 is 1.76 bits per heavy atom. The van der Waals surface area contributed by atoms with E-state index in [0.29, 0.717) is 6.04 Å². The van der Waals surface area contributed by atoms with E-state index in [1.54, 1.807) is 6.26 Å². The number of rotatable bonds is 10. The van der Waals surface area contributed by atoms with Gasteiger partial charge in [-0.2, -0.15) is 0 Å². The molecular formula is C21H30N2OS. The molecule has 0 saturated carbocycles. The van der Waals surface area contributed by atoms with E-state index in [9.17, 15) is 4.21 Å². The molecule has 2 N–H and O–H groups in total. The molecule has 2 atom stereocenters. The summed E-state index contributed by atoms with van der Waals surface area (Å²) in [4.78, 5) is 0.848. The average Bonchev–Trinajstić information content (AvgIpc) is 2.61. The minimum atomic E-state index is -1.04. The van der Waals surface area contributed by atoms with E-state index in [1.807, 2.05) is 48.5 Å². The Morgan fingerprint density at radius 1 is 1.00 bits per heavy atom. The Morgan fingerprint density at radius 3 is 2.44 bits per heavy atom. The van der Waals surface area contributed by atoms with E-state index in [0.717, 1.165) is 28.4 Å². The quantitative estimate of drug-likeness (QED) is 0.517. The first-order valence-electron chi connectivity index (χ1n) is 9.16. The summed E-state index contributed by atoms with van der Waals surface area (Å²) in [6.07, 6.45) is 7.96. The monoisotopic (exact) mass is 358 g/mol. The second-order valence-corrected chi connectivity index (χ2v) is 7.90. The minimum Gasteiger partial charge on any atom is -0.382 e. The lowest BCUT2D eigenvalue weighted by molar-refractivity contribution is 0.593. The smallest absolute Gasteiger partial charge is 0.0637 e. The summed E-state index contributed by atoms with van der Waals surface area (Å²) in [6.45, 7) is 4.43. The molecule has 3 nitrogen and oxygen atoms in total. The van der Waals surface area contributed by atoms with E-state index in [-0.39, 0.29) is 0 Å². The van der Waals surface area contributed by atoms with Gasteiger partial charge in [0.25, 0.3) is 0 Å². The number of unbranched alkanes of at least 4 members (excludes halogenated alkanes) is 3. The lowest BCUT2D eigenvalue weighted by Gasteiger charge is -2.18. The standard InChI is InChI=1S/C21H30N2OS/c1-4-5-6-8-11-17(2)22-20-15-14-19(16-21(20)25(3)24)23-18-12-9-7-10-13-18/h7,9-10,12-17,22-23H,4-6,8,11H2,1-3H3. The van der Waals surface area contributed by atoms with Crippen LogP contribution in [0, 0.1) is 0 Å². The maximum absolute atomic E-state index is 12.2. The van der Waals surface area contributed by atoms with Gasteiger partial charge in [0, 0.05) is 23.7 Å². The molecule has 2 unspecified atom stereocenters. The zero-order valence-electron chi connectivity index (χ0n) is 15.5. The number of para-hydroxylation sites is 1. The van der Waals surface area contributed by atoms with Gasteiger partial charge in [0.15, 0.2) is 0 Å². The molecule has 0 amide bonds. The van der Waals surface area contributed by atoms with Crippen LogP contribution in [0.1, 0.15) is 46.0 Å². The number of anilines is 3. The Bertz CT molecular complexity index is 673. The molecular weight excluding hydrogens is 328 g/mol. The second kappa shape index (κ2) is 10.2. The zero-order valence-corrected chi connectivity index (χ0v) is 16.4. The van der Waals surface area contributed by atoms with Crippen LogP contribution in [0.3, 0.4) is 0 Å². The fraction of sp³-hybridized carbons (Fsp3) is 0.429. The predicted octanol–water partition coefficient (Wildman–Crippen LogP) is 5.94. The maximum Gasteiger partial charge on any atom is 0.0637 e. The van der Waals surface area contributed by atoms with Crippen LogP contribution in [0.15, 0.2) is 53.4 Å². The molecule has 0 aliphatic heterocycles. The molecule has 2 aromatic carbocycles. The van der Waals surface area contributed by atoms with Crippen molar-refractivity contribution in [3.63, 3.8) is 0 Å². The van der Waals surface area contributed by atoms with Crippen LogP contribution in [-0.2, 0) is 10.8 Å². The van der Waals surface area contributed by atoms with Crippen molar-refractivity contribution in [2.24, 2.45) is 0 Å². The van der Waals surface area contributed by atoms with Gasteiger partial charge in [-0.1, -0.05) is 50.8 Å². The first-order valence-corrected chi connectivity index (χ1v) is 10.7. The van der Waals surface area contributed by atoms with Crippen molar-refractivity contribution in [3.05, 3.63) is 48.5 Å². The van der Waals surface area contributed by atoms with Crippen molar-refractivity contribution in [1.29, 1.82) is 0 Å². The number of benzene rings is 2. The fourth-order valence-corrected chi connectivity index (χ4v) is 3.59. The average molecular weight is 359 g/mol. The molecule has 0 aromatic heterocycles. The molecule has 0 aliphatic carbocycles. The van der Waals surface area contributed by atoms with E-state index in [1.165, 1.54) is 25.7 Å². The number of nitrogens with one attached hydrogen (secondary N) is 2. The Hall–Kier alpha value is -1.81. The van der Waals surface area contributed by atoms with Crippen LogP contribution in [0.2, 0.25) is 0 Å². The lowest BCUT2D eigenvalue weighted by atomic mass is 10.1. The fourth-order valence-electron chi connectivity index (χ4n) is 2.86. The third kappa shape index (κ3) is 6.54. The largest absolute Gasteiger partial charge is 0.382 e. The van der Waals surface area contributed by atoms with Crippen LogP contribution < -0.4 is 10.6 Å². The molecule has 0 saturated heterocycles. The highest BCUT2D eigenvalue weighted by Gasteiger charge is 2.10. The molecule has 25 heavy (non-hydrogen) atoms. The SMILES string of the molecule is CCCCCCC(C)Nc1ccc(Nc2ccccc2)cc1S(C)=O. The lowest BCUT2D eigenvalue weighted by Crippen LogP contribution is -2.16. The van der Waals surface area contributed by atoms with Gasteiger partial charge in [-0.15, -0.1) is 0 Å². The highest BCUT2D eigenvalue weighted by molar-refractivity contribution is 7.84. The van der Waals surface area contributed by atoms with E-state index in [4.69, 9.17) is 0 Å². The summed E-state index contributed by atoms with van der Waals surface area (Å²) in [6, 6.07) is 16.5.